The van der Waals surface area contributed by atoms with Gasteiger partial charge >= 0.3 is 5.97 Å². The number of amides is 2. The third-order valence-electron chi connectivity index (χ3n) is 4.32. The van der Waals surface area contributed by atoms with Crippen molar-refractivity contribution in [2.75, 3.05) is 6.26 Å². The zero-order valence-electron chi connectivity index (χ0n) is 17.2. The first-order valence-corrected chi connectivity index (χ1v) is 11.0. The second-order valence-electron chi connectivity index (χ2n) is 8.01. The summed E-state index contributed by atoms with van der Waals surface area (Å²) >= 11 is 0. The van der Waals surface area contributed by atoms with Crippen LogP contribution in [-0.4, -0.2) is 49.0 Å². The fourth-order valence-electron chi connectivity index (χ4n) is 3.05. The van der Waals surface area contributed by atoms with Crippen molar-refractivity contribution in [3.8, 4) is 0 Å². The highest BCUT2D eigenvalue weighted by atomic mass is 32.2. The monoisotopic (exact) mass is 444 g/mol. The van der Waals surface area contributed by atoms with Crippen LogP contribution >= 0.6 is 0 Å². The minimum atomic E-state index is -3.78. The molecule has 0 radical (unpaired) electrons. The summed E-state index contributed by atoms with van der Waals surface area (Å²) in [5.41, 5.74) is 4.73. The van der Waals surface area contributed by atoms with Gasteiger partial charge in [0.2, 0.25) is 5.91 Å². The lowest BCUT2D eigenvalue weighted by molar-refractivity contribution is -0.155. The smallest absolute Gasteiger partial charge is 0.306 e. The van der Waals surface area contributed by atoms with E-state index in [1.54, 1.807) is 20.8 Å². The molecule has 2 amide bonds. The average Bonchev–Trinajstić information content (AvgIpc) is 2.89. The average molecular weight is 444 g/mol. The number of ether oxygens (including phenoxy) is 1. The zero-order valence-corrected chi connectivity index (χ0v) is 18.0. The highest BCUT2D eigenvalue weighted by Crippen LogP contribution is 2.30. The van der Waals surface area contributed by atoms with E-state index < -0.39 is 52.0 Å². The Morgan fingerprint density at radius 1 is 1.30 bits per heavy atom. The molecule has 1 aromatic rings. The molecule has 0 saturated carbocycles. The number of primary amides is 1. The van der Waals surface area contributed by atoms with E-state index in [2.05, 4.69) is 4.18 Å². The number of rotatable bonds is 8. The maximum Gasteiger partial charge on any atom is 0.306 e. The van der Waals surface area contributed by atoms with E-state index in [-0.39, 0.29) is 36.1 Å². The largest absolute Gasteiger partial charge is 0.460 e. The molecule has 0 unspecified atom stereocenters. The molecule has 0 bridgehead atoms. The standard InChI is InChI=1S/C19H25FN2O7S/c1-19(2,3)29-15(23)8-7-14(17(21)24)22-9-13-12(18(22)25)6-5-11(16(13)20)10-28-30(4,26)27/h5-6,14H,7-10H2,1-4H3,(H2,21,24)/t14-/m0/s1. The third kappa shape index (κ3) is 5.99. The predicted molar refractivity (Wildman–Crippen MR) is 104 cm³/mol. The van der Waals surface area contributed by atoms with Crippen LogP contribution in [0.25, 0.3) is 0 Å². The van der Waals surface area contributed by atoms with Crippen molar-refractivity contribution in [2.45, 2.75) is 58.4 Å². The second-order valence-corrected chi connectivity index (χ2v) is 9.65. The van der Waals surface area contributed by atoms with Crippen LogP contribution in [0.15, 0.2) is 12.1 Å². The van der Waals surface area contributed by atoms with Crippen LogP contribution in [0.3, 0.4) is 0 Å². The number of nitrogens with zero attached hydrogens (tertiary/aromatic N) is 1. The summed E-state index contributed by atoms with van der Waals surface area (Å²) in [5, 5.41) is 0. The molecule has 0 aliphatic carbocycles. The van der Waals surface area contributed by atoms with Gasteiger partial charge in [-0.3, -0.25) is 18.6 Å². The van der Waals surface area contributed by atoms with Gasteiger partial charge in [0, 0.05) is 23.1 Å². The molecular formula is C19H25FN2O7S. The van der Waals surface area contributed by atoms with E-state index in [0.29, 0.717) is 0 Å². The second kappa shape index (κ2) is 8.68. The molecule has 1 aliphatic rings. The minimum Gasteiger partial charge on any atom is -0.460 e. The first-order chi connectivity index (χ1) is 13.7. The van der Waals surface area contributed by atoms with Crippen molar-refractivity contribution in [1.82, 2.24) is 4.90 Å². The number of halogens is 1. The Morgan fingerprint density at radius 2 is 1.93 bits per heavy atom. The number of carbonyl (C=O) groups is 3. The summed E-state index contributed by atoms with van der Waals surface area (Å²) in [6.07, 6.45) is 0.613. The summed E-state index contributed by atoms with van der Waals surface area (Å²) in [6.45, 7) is 4.33. The fraction of sp³-hybridized carbons (Fsp3) is 0.526. The first-order valence-electron chi connectivity index (χ1n) is 9.16. The predicted octanol–water partition coefficient (Wildman–Crippen LogP) is 1.23. The van der Waals surface area contributed by atoms with E-state index in [4.69, 9.17) is 10.5 Å². The van der Waals surface area contributed by atoms with Crippen molar-refractivity contribution in [2.24, 2.45) is 5.73 Å². The Bertz CT molecular complexity index is 970. The molecular weight excluding hydrogens is 419 g/mol. The van der Waals surface area contributed by atoms with Gasteiger partial charge in [0.15, 0.2) is 0 Å². The number of esters is 1. The molecule has 30 heavy (non-hydrogen) atoms. The lowest BCUT2D eigenvalue weighted by Gasteiger charge is -2.25. The Labute approximate surface area is 174 Å². The number of fused-ring (bicyclic) bond motifs is 1. The van der Waals surface area contributed by atoms with Crippen LogP contribution in [0.1, 0.15) is 55.1 Å². The molecule has 0 saturated heterocycles. The lowest BCUT2D eigenvalue weighted by atomic mass is 10.1. The molecule has 1 aromatic carbocycles. The lowest BCUT2D eigenvalue weighted by Crippen LogP contribution is -2.45. The van der Waals surface area contributed by atoms with Gasteiger partial charge < -0.3 is 15.4 Å². The van der Waals surface area contributed by atoms with Crippen LogP contribution in [0, 0.1) is 5.82 Å². The van der Waals surface area contributed by atoms with Gasteiger partial charge in [-0.15, -0.1) is 0 Å². The van der Waals surface area contributed by atoms with Gasteiger partial charge in [0.05, 0.1) is 19.4 Å². The summed E-state index contributed by atoms with van der Waals surface area (Å²) in [5.74, 6) is -2.78. The molecule has 9 nitrogen and oxygen atoms in total. The number of hydrogen-bond acceptors (Lipinski definition) is 7. The Morgan fingerprint density at radius 3 is 2.47 bits per heavy atom. The summed E-state index contributed by atoms with van der Waals surface area (Å²) in [6, 6.07) is 1.46. The van der Waals surface area contributed by atoms with Crippen molar-refractivity contribution >= 4 is 27.9 Å². The van der Waals surface area contributed by atoms with E-state index in [9.17, 15) is 27.2 Å². The van der Waals surface area contributed by atoms with Crippen LogP contribution < -0.4 is 5.73 Å². The molecule has 0 fully saturated rings. The molecule has 2 N–H and O–H groups in total. The third-order valence-corrected chi connectivity index (χ3v) is 4.86. The first kappa shape index (κ1) is 23.7. The summed E-state index contributed by atoms with van der Waals surface area (Å²) < 4.78 is 46.9. The fourth-order valence-corrected chi connectivity index (χ4v) is 3.40. The van der Waals surface area contributed by atoms with Crippen molar-refractivity contribution in [1.29, 1.82) is 0 Å². The highest BCUT2D eigenvalue weighted by Gasteiger charge is 2.38. The minimum absolute atomic E-state index is 0.0121. The van der Waals surface area contributed by atoms with E-state index in [1.165, 1.54) is 12.1 Å². The van der Waals surface area contributed by atoms with Gasteiger partial charge in [0.1, 0.15) is 17.5 Å². The number of hydrogen-bond donors (Lipinski definition) is 1. The molecule has 0 spiro atoms. The topological polar surface area (TPSA) is 133 Å². The van der Waals surface area contributed by atoms with Crippen LogP contribution in [0.2, 0.25) is 0 Å². The van der Waals surface area contributed by atoms with Gasteiger partial charge in [0.25, 0.3) is 16.0 Å². The molecule has 11 heteroatoms. The van der Waals surface area contributed by atoms with Crippen molar-refractivity contribution < 1.29 is 36.1 Å². The molecule has 1 aliphatic heterocycles. The molecule has 1 heterocycles. The van der Waals surface area contributed by atoms with Crippen molar-refractivity contribution in [3.05, 3.63) is 34.6 Å². The van der Waals surface area contributed by atoms with E-state index >= 15 is 0 Å². The normalized spacial score (nSPS) is 15.1. The molecule has 2 rings (SSSR count). The molecule has 166 valence electrons. The molecule has 0 aromatic heterocycles. The zero-order chi connectivity index (χ0) is 22.9. The number of nitrogens with two attached hydrogens (primary N) is 1. The SMILES string of the molecule is CC(C)(C)OC(=O)CC[C@@H](C(N)=O)N1Cc2c(ccc(COS(C)(=O)=O)c2F)C1=O. The van der Waals surface area contributed by atoms with Gasteiger partial charge in [-0.1, -0.05) is 6.07 Å². The molecule has 1 atom stereocenters. The number of benzene rings is 1. The van der Waals surface area contributed by atoms with E-state index in [0.717, 1.165) is 11.2 Å². The number of carbonyl (C=O) groups excluding carboxylic acids is 3. The maximum atomic E-state index is 14.8. The highest BCUT2D eigenvalue weighted by molar-refractivity contribution is 7.85. The van der Waals surface area contributed by atoms with Crippen LogP contribution in [0.5, 0.6) is 0 Å². The van der Waals surface area contributed by atoms with Crippen molar-refractivity contribution in [3.63, 3.8) is 0 Å². The van der Waals surface area contributed by atoms with Gasteiger partial charge in [-0.25, -0.2) is 4.39 Å². The van der Waals surface area contributed by atoms with Crippen LogP contribution in [-0.2, 0) is 41.8 Å². The van der Waals surface area contributed by atoms with Crippen LogP contribution in [0.4, 0.5) is 4.39 Å². The Balaban J connectivity index is 2.18. The van der Waals surface area contributed by atoms with Gasteiger partial charge in [-0.05, 0) is 33.3 Å². The Kier molecular flexibility index (Phi) is 6.87. The quantitative estimate of drug-likeness (QED) is 0.471. The van der Waals surface area contributed by atoms with Gasteiger partial charge in [-0.2, -0.15) is 8.42 Å². The Hall–Kier alpha value is -2.53. The van der Waals surface area contributed by atoms with E-state index in [1.807, 2.05) is 0 Å². The summed E-state index contributed by atoms with van der Waals surface area (Å²) in [4.78, 5) is 37.7. The maximum absolute atomic E-state index is 14.8. The summed E-state index contributed by atoms with van der Waals surface area (Å²) in [7, 11) is -3.78.